The quantitative estimate of drug-likeness (QED) is 0.286. The number of aryl methyl sites for hydroxylation is 4. The molecule has 0 bridgehead atoms. The van der Waals surface area contributed by atoms with Gasteiger partial charge in [0.15, 0.2) is 0 Å². The average molecular weight is 946 g/mol. The number of thiophene rings is 2. The van der Waals surface area contributed by atoms with Gasteiger partial charge in [-0.2, -0.15) is 0 Å². The molecule has 4 aromatic heterocycles. The molecule has 0 aliphatic heterocycles. The van der Waals surface area contributed by atoms with Crippen LogP contribution in [0.15, 0.2) is 12.1 Å². The molecule has 4 rings (SSSR count). The van der Waals surface area contributed by atoms with Gasteiger partial charge in [0.2, 0.25) is 11.8 Å². The number of hydrogen-bond acceptors (Lipinski definition) is 8. The van der Waals surface area contributed by atoms with E-state index in [1.165, 1.54) is 55.5 Å². The molecule has 0 amide bonds. The second kappa shape index (κ2) is 33.8. The van der Waals surface area contributed by atoms with E-state index in [0.29, 0.717) is 34.3 Å². The third-order valence-corrected chi connectivity index (χ3v) is 10.8. The third-order valence-electron chi connectivity index (χ3n) is 5.96. The first-order chi connectivity index (χ1) is 18.0. The maximum atomic E-state index is 9.27. The maximum absolute atomic E-state index is 9.27. The molecule has 4 heterocycles. The Balaban J connectivity index is -0.000000152. The van der Waals surface area contributed by atoms with Gasteiger partial charge in [-0.15, -0.1) is 59.6 Å². The van der Waals surface area contributed by atoms with Gasteiger partial charge in [-0.05, 0) is 61.0 Å². The molecule has 4 unspecified atom stereocenters. The molecule has 46 heavy (non-hydrogen) atoms. The van der Waals surface area contributed by atoms with Gasteiger partial charge in [-0.1, -0.05) is 0 Å². The number of pyridine rings is 2. The second-order valence-corrected chi connectivity index (χ2v) is 13.8. The number of rotatable bonds is 6. The number of ether oxygens (including phenoxy) is 2. The summed E-state index contributed by atoms with van der Waals surface area (Å²) in [4.78, 5) is 14.2. The van der Waals surface area contributed by atoms with Gasteiger partial charge < -0.3 is 19.7 Å². The Bertz CT molecular complexity index is 1390. The van der Waals surface area contributed by atoms with Gasteiger partial charge in [-0.3, -0.25) is 0 Å². The second-order valence-electron chi connectivity index (χ2n) is 8.50. The van der Waals surface area contributed by atoms with Crippen molar-refractivity contribution in [3.05, 3.63) is 43.0 Å². The largest absolute Gasteiger partial charge is 0.481 e. The number of hydrogen-bond donors (Lipinski definition) is 2. The Morgan fingerprint density at radius 1 is 0.543 bits per heavy atom. The first-order valence-corrected chi connectivity index (χ1v) is 15.5. The van der Waals surface area contributed by atoms with Crippen LogP contribution < -0.4 is 30.7 Å². The molecule has 0 saturated carbocycles. The van der Waals surface area contributed by atoms with Crippen LogP contribution in [0.3, 0.4) is 0 Å². The molecular weight excluding hydrogens is 912 g/mol. The molecule has 6 nitrogen and oxygen atoms in total. The molecule has 268 valence electrons. The summed E-state index contributed by atoms with van der Waals surface area (Å²) in [5.41, 5.74) is 5.30. The zero-order chi connectivity index (χ0) is 28.3. The Kier molecular flexibility index (Phi) is 49.1. The molecule has 0 saturated heterocycles. The van der Waals surface area contributed by atoms with Crippen molar-refractivity contribution in [2.24, 2.45) is 0 Å². The summed E-state index contributed by atoms with van der Waals surface area (Å²) in [6.45, 7) is 8.48. The molecule has 0 aliphatic carbocycles. The first kappa shape index (κ1) is 66.8. The fourth-order valence-corrected chi connectivity index (χ4v) is 8.35. The summed E-state index contributed by atoms with van der Waals surface area (Å²) >= 11 is 3.78. The molecule has 4 atom stereocenters. The molecule has 20 heteroatoms. The zero-order valence-corrected chi connectivity index (χ0v) is 37.0. The van der Waals surface area contributed by atoms with E-state index in [2.05, 4.69) is 74.6 Å². The number of aliphatic hydroxyl groups is 2. The predicted octanol–water partition coefficient (Wildman–Crippen LogP) is 3.86. The van der Waals surface area contributed by atoms with E-state index in [-0.39, 0.29) is 315 Å². The Labute approximate surface area is 530 Å². The maximum Gasteiger partial charge on any atom is 0.222 e. The average Bonchev–Trinajstić information content (AvgIpc) is 3.29. The molecule has 0 spiro atoms. The van der Waals surface area contributed by atoms with Crippen molar-refractivity contribution in [1.82, 2.24) is 9.97 Å². The van der Waals surface area contributed by atoms with E-state index < -0.39 is 0 Å². The van der Waals surface area contributed by atoms with Crippen LogP contribution in [-0.4, -0.2) is 34.4 Å². The number of methoxy groups -OCH3 is 2. The molecule has 0 aromatic carbocycles. The van der Waals surface area contributed by atoms with Crippen molar-refractivity contribution in [2.45, 2.75) is 40.9 Å². The van der Waals surface area contributed by atoms with E-state index >= 15 is 0 Å². The van der Waals surface area contributed by atoms with Crippen molar-refractivity contribution >= 4 is 80.9 Å². The minimum Gasteiger partial charge on any atom is -0.481 e. The molecule has 4 aromatic rings. The molecule has 2 N–H and O–H groups in total. The van der Waals surface area contributed by atoms with E-state index in [0.717, 1.165) is 10.6 Å². The first-order valence-electron chi connectivity index (χ1n) is 11.6. The zero-order valence-electron chi connectivity index (χ0n) is 25.1. The molecule has 0 aliphatic rings. The van der Waals surface area contributed by atoms with Gasteiger partial charge >= 0.3 is 0 Å². The van der Waals surface area contributed by atoms with Crippen molar-refractivity contribution in [2.75, 3.05) is 14.2 Å². The van der Waals surface area contributed by atoms with Gasteiger partial charge in [0.25, 0.3) is 0 Å². The summed E-state index contributed by atoms with van der Waals surface area (Å²) in [5.74, 6) is 0.745. The summed E-state index contributed by atoms with van der Waals surface area (Å²) in [6.07, 6.45) is 0. The molecular formula is C26H34Ar8N2O4P4S2. The standard InChI is InChI=1S/C14H18N2O4P2.C12H16P2S2.8Ar/c1-19-13-11(9(21)3-7(5-17)15-13)12-10(22)4-8(6-18)16-14(12)20-2;1-5-9(11(13)7(3)15-5)10-6(2)16-8(4)12(10)14;;;;;;;;/h3-4,17-18H,5-6,21-22H2,1-2H3;13-14H2,1-4H3;;;;;;;;. The van der Waals surface area contributed by atoms with Crippen LogP contribution in [0.4, 0.5) is 0 Å². The number of aliphatic hydroxyl groups excluding tert-OH is 2. The van der Waals surface area contributed by atoms with Crippen molar-refractivity contribution in [3.63, 3.8) is 0 Å². The monoisotopic (exact) mass is 946 g/mol. The van der Waals surface area contributed by atoms with Gasteiger partial charge in [0.05, 0.1) is 49.9 Å². The fraction of sp³-hybridized carbons (Fsp3) is 0.308. The summed E-state index contributed by atoms with van der Waals surface area (Å²) in [6, 6.07) is 3.51. The van der Waals surface area contributed by atoms with Crippen LogP contribution in [0.2, 0.25) is 0 Å². The van der Waals surface area contributed by atoms with Crippen LogP contribution in [0, 0.1) is 330 Å². The predicted molar refractivity (Wildman–Crippen MR) is 176 cm³/mol. The molecule has 0 radical (unpaired) electrons. The van der Waals surface area contributed by atoms with Crippen LogP contribution in [0.1, 0.15) is 30.9 Å². The van der Waals surface area contributed by atoms with Crippen molar-refractivity contribution in [1.29, 1.82) is 0 Å². The van der Waals surface area contributed by atoms with Gasteiger partial charge in [-0.25, -0.2) is 9.97 Å². The Morgan fingerprint density at radius 3 is 1.02 bits per heavy atom. The Hall–Kier alpha value is 9.02. The minimum atomic E-state index is -0.176. The Morgan fingerprint density at radius 2 is 0.826 bits per heavy atom. The van der Waals surface area contributed by atoms with E-state index in [9.17, 15) is 10.2 Å². The minimum absolute atomic E-state index is 0. The van der Waals surface area contributed by atoms with Gasteiger partial charge in [0.1, 0.15) is 0 Å². The number of aromatic nitrogens is 2. The smallest absolute Gasteiger partial charge is 0.222 e. The third kappa shape index (κ3) is 18.1. The fourth-order valence-electron chi connectivity index (χ4n) is 4.17. The summed E-state index contributed by atoms with van der Waals surface area (Å²) in [5, 5.41) is 22.9. The normalized spacial score (nSPS) is 8.96. The topological polar surface area (TPSA) is 84.7 Å². The van der Waals surface area contributed by atoms with Crippen molar-refractivity contribution < 1.29 is 322 Å². The van der Waals surface area contributed by atoms with Crippen molar-refractivity contribution in [3.8, 4) is 34.0 Å². The molecule has 0 fully saturated rings. The van der Waals surface area contributed by atoms with Crippen LogP contribution in [-0.2, 0) is 13.2 Å². The van der Waals surface area contributed by atoms with Crippen LogP contribution >= 0.6 is 59.6 Å². The van der Waals surface area contributed by atoms with E-state index in [1.807, 2.05) is 22.7 Å². The number of nitrogens with zero attached hydrogens (tertiary/aromatic N) is 2. The SMILES string of the molecule is COc1nc(CO)cc(P)c1-c1c(P)cc(CO)nc1OC.Cc1sc(C)c(-c2c(C)sc(C)c2P)c1P.[Ar].[Ar].[Ar].[Ar].[Ar].[Ar].[Ar].[Ar]. The van der Waals surface area contributed by atoms with Gasteiger partial charge in [0, 0.05) is 333 Å². The summed E-state index contributed by atoms with van der Waals surface area (Å²) in [7, 11) is 14.0. The van der Waals surface area contributed by atoms with E-state index in [4.69, 9.17) is 9.47 Å². The van der Waals surface area contributed by atoms with Crippen LogP contribution in [0.5, 0.6) is 11.8 Å². The summed E-state index contributed by atoms with van der Waals surface area (Å²) < 4.78 is 10.7. The van der Waals surface area contributed by atoms with Crippen LogP contribution in [0.25, 0.3) is 22.3 Å². The van der Waals surface area contributed by atoms with E-state index in [1.54, 1.807) is 12.1 Å².